The first-order chi connectivity index (χ1) is 8.11. The molecule has 0 aliphatic carbocycles. The molecule has 3 heteroatoms. The summed E-state index contributed by atoms with van der Waals surface area (Å²) in [5, 5.41) is 9.22. The summed E-state index contributed by atoms with van der Waals surface area (Å²) in [5.41, 5.74) is 4.73. The Bertz CT molecular complexity index is 509. The van der Waals surface area contributed by atoms with E-state index in [1.807, 2.05) is 38.1 Å². The Morgan fingerprint density at radius 1 is 0.941 bits per heavy atom. The smallest absolute Gasteiger partial charge is 0.159 e. The van der Waals surface area contributed by atoms with Crippen molar-refractivity contribution in [3.05, 3.63) is 46.8 Å². The van der Waals surface area contributed by atoms with Gasteiger partial charge in [-0.3, -0.25) is 0 Å². The van der Waals surface area contributed by atoms with Gasteiger partial charge in [-0.25, -0.2) is 9.97 Å². The predicted octanol–water partition coefficient (Wildman–Crippen LogP) is 2.56. The normalized spacial score (nSPS) is 10.6. The van der Waals surface area contributed by atoms with E-state index in [2.05, 4.69) is 16.9 Å². The average molecular weight is 228 g/mol. The number of nitrogens with zero attached hydrogens (tertiary/aromatic N) is 2. The zero-order chi connectivity index (χ0) is 12.4. The first kappa shape index (κ1) is 11.7. The molecule has 1 heterocycles. The summed E-state index contributed by atoms with van der Waals surface area (Å²) in [6.45, 7) is 5.84. The zero-order valence-corrected chi connectivity index (χ0v) is 10.4. The standard InChI is InChI=1S/C14H16N2O/c1-9-4-6-12(7-5-9)14-15-10(2)13(8-17)11(3)16-14/h4-7,17H,8H2,1-3H3. The van der Waals surface area contributed by atoms with Crippen LogP contribution in [0.1, 0.15) is 22.5 Å². The second kappa shape index (κ2) is 4.63. The van der Waals surface area contributed by atoms with Gasteiger partial charge in [-0.05, 0) is 20.8 Å². The van der Waals surface area contributed by atoms with Crippen LogP contribution in [0, 0.1) is 20.8 Å². The maximum atomic E-state index is 9.22. The van der Waals surface area contributed by atoms with E-state index in [4.69, 9.17) is 0 Å². The van der Waals surface area contributed by atoms with Gasteiger partial charge in [0, 0.05) is 22.5 Å². The van der Waals surface area contributed by atoms with Crippen molar-refractivity contribution in [3.63, 3.8) is 0 Å². The molecular weight excluding hydrogens is 212 g/mol. The van der Waals surface area contributed by atoms with Crippen LogP contribution in [-0.4, -0.2) is 15.1 Å². The van der Waals surface area contributed by atoms with Crippen LogP contribution in [0.4, 0.5) is 0 Å². The highest BCUT2D eigenvalue weighted by Gasteiger charge is 2.08. The van der Waals surface area contributed by atoms with Crippen LogP contribution in [0.5, 0.6) is 0 Å². The number of aliphatic hydroxyl groups excluding tert-OH is 1. The van der Waals surface area contributed by atoms with Gasteiger partial charge in [-0.1, -0.05) is 29.8 Å². The van der Waals surface area contributed by atoms with E-state index < -0.39 is 0 Å². The van der Waals surface area contributed by atoms with Crippen LogP contribution in [0.3, 0.4) is 0 Å². The zero-order valence-electron chi connectivity index (χ0n) is 10.4. The molecule has 0 amide bonds. The van der Waals surface area contributed by atoms with Gasteiger partial charge >= 0.3 is 0 Å². The van der Waals surface area contributed by atoms with Crippen LogP contribution in [0.2, 0.25) is 0 Å². The first-order valence-corrected chi connectivity index (χ1v) is 5.64. The lowest BCUT2D eigenvalue weighted by Crippen LogP contribution is -2.02. The lowest BCUT2D eigenvalue weighted by molar-refractivity contribution is 0.279. The van der Waals surface area contributed by atoms with E-state index in [0.717, 1.165) is 28.3 Å². The molecule has 2 aromatic rings. The number of hydrogen-bond donors (Lipinski definition) is 1. The summed E-state index contributed by atoms with van der Waals surface area (Å²) >= 11 is 0. The van der Waals surface area contributed by atoms with Gasteiger partial charge in [-0.15, -0.1) is 0 Å². The summed E-state index contributed by atoms with van der Waals surface area (Å²) in [4.78, 5) is 8.87. The number of hydrogen-bond acceptors (Lipinski definition) is 3. The van der Waals surface area contributed by atoms with Gasteiger partial charge in [0.2, 0.25) is 0 Å². The van der Waals surface area contributed by atoms with Crippen LogP contribution in [-0.2, 0) is 6.61 Å². The molecule has 0 atom stereocenters. The second-order valence-corrected chi connectivity index (χ2v) is 4.22. The Hall–Kier alpha value is -1.74. The summed E-state index contributed by atoms with van der Waals surface area (Å²) in [6.07, 6.45) is 0. The van der Waals surface area contributed by atoms with Crippen molar-refractivity contribution in [1.29, 1.82) is 0 Å². The number of benzene rings is 1. The van der Waals surface area contributed by atoms with Crippen molar-refractivity contribution in [2.24, 2.45) is 0 Å². The van der Waals surface area contributed by atoms with Crippen molar-refractivity contribution in [3.8, 4) is 11.4 Å². The highest BCUT2D eigenvalue weighted by molar-refractivity contribution is 5.56. The van der Waals surface area contributed by atoms with Crippen molar-refractivity contribution >= 4 is 0 Å². The molecule has 0 fully saturated rings. The third-order valence-electron chi connectivity index (χ3n) is 2.89. The molecule has 0 bridgehead atoms. The number of aromatic nitrogens is 2. The molecule has 0 saturated carbocycles. The van der Waals surface area contributed by atoms with E-state index >= 15 is 0 Å². The fraction of sp³-hybridized carbons (Fsp3) is 0.286. The van der Waals surface area contributed by atoms with Crippen molar-refractivity contribution in [1.82, 2.24) is 9.97 Å². The molecule has 88 valence electrons. The van der Waals surface area contributed by atoms with Crippen LogP contribution in [0.15, 0.2) is 24.3 Å². The molecule has 0 radical (unpaired) electrons. The second-order valence-electron chi connectivity index (χ2n) is 4.22. The topological polar surface area (TPSA) is 46.0 Å². The van der Waals surface area contributed by atoms with E-state index in [9.17, 15) is 5.11 Å². The first-order valence-electron chi connectivity index (χ1n) is 5.64. The molecule has 17 heavy (non-hydrogen) atoms. The van der Waals surface area contributed by atoms with Crippen molar-refractivity contribution in [2.75, 3.05) is 0 Å². The van der Waals surface area contributed by atoms with Gasteiger partial charge < -0.3 is 5.11 Å². The Balaban J connectivity index is 2.50. The summed E-state index contributed by atoms with van der Waals surface area (Å²) in [7, 11) is 0. The van der Waals surface area contributed by atoms with Gasteiger partial charge in [0.25, 0.3) is 0 Å². The van der Waals surface area contributed by atoms with Gasteiger partial charge in [0.1, 0.15) is 0 Å². The van der Waals surface area contributed by atoms with Crippen LogP contribution >= 0.6 is 0 Å². The number of aliphatic hydroxyl groups is 1. The maximum absolute atomic E-state index is 9.22. The lowest BCUT2D eigenvalue weighted by atomic mass is 10.1. The van der Waals surface area contributed by atoms with Gasteiger partial charge in [0.05, 0.1) is 6.61 Å². The molecule has 0 aliphatic heterocycles. The quantitative estimate of drug-likeness (QED) is 0.859. The van der Waals surface area contributed by atoms with E-state index in [0.29, 0.717) is 0 Å². The van der Waals surface area contributed by atoms with Crippen molar-refractivity contribution < 1.29 is 5.11 Å². The molecule has 1 N–H and O–H groups in total. The van der Waals surface area contributed by atoms with Crippen LogP contribution in [0.25, 0.3) is 11.4 Å². The summed E-state index contributed by atoms with van der Waals surface area (Å²) in [5.74, 6) is 0.720. The molecule has 1 aromatic carbocycles. The minimum atomic E-state index is -0.00809. The minimum absolute atomic E-state index is 0.00809. The molecule has 0 aliphatic rings. The SMILES string of the molecule is Cc1ccc(-c2nc(C)c(CO)c(C)n2)cc1. The number of aryl methyl sites for hydroxylation is 3. The van der Waals surface area contributed by atoms with Gasteiger partial charge in [0.15, 0.2) is 5.82 Å². The molecule has 1 aromatic heterocycles. The number of rotatable bonds is 2. The molecule has 0 unspecified atom stereocenters. The molecule has 0 saturated heterocycles. The third kappa shape index (κ3) is 2.34. The third-order valence-corrected chi connectivity index (χ3v) is 2.89. The van der Waals surface area contributed by atoms with E-state index in [1.165, 1.54) is 5.56 Å². The lowest BCUT2D eigenvalue weighted by Gasteiger charge is -2.08. The van der Waals surface area contributed by atoms with Crippen LogP contribution < -0.4 is 0 Å². The Kier molecular flexibility index (Phi) is 3.20. The largest absolute Gasteiger partial charge is 0.392 e. The van der Waals surface area contributed by atoms with E-state index in [-0.39, 0.29) is 6.61 Å². The molecule has 2 rings (SSSR count). The molecule has 0 spiro atoms. The monoisotopic (exact) mass is 228 g/mol. The molecular formula is C14H16N2O. The average Bonchev–Trinajstić information content (AvgIpc) is 2.29. The Morgan fingerprint density at radius 2 is 1.47 bits per heavy atom. The Labute approximate surface area is 101 Å². The molecule has 3 nitrogen and oxygen atoms in total. The fourth-order valence-electron chi connectivity index (χ4n) is 1.80. The minimum Gasteiger partial charge on any atom is -0.392 e. The predicted molar refractivity (Wildman–Crippen MR) is 67.6 cm³/mol. The highest BCUT2D eigenvalue weighted by atomic mass is 16.3. The fourth-order valence-corrected chi connectivity index (χ4v) is 1.80. The maximum Gasteiger partial charge on any atom is 0.159 e. The van der Waals surface area contributed by atoms with Gasteiger partial charge in [-0.2, -0.15) is 0 Å². The highest BCUT2D eigenvalue weighted by Crippen LogP contribution is 2.19. The van der Waals surface area contributed by atoms with E-state index in [1.54, 1.807) is 0 Å². The summed E-state index contributed by atoms with van der Waals surface area (Å²) in [6, 6.07) is 8.12. The Morgan fingerprint density at radius 3 is 1.94 bits per heavy atom. The summed E-state index contributed by atoms with van der Waals surface area (Å²) < 4.78 is 0. The van der Waals surface area contributed by atoms with Crippen molar-refractivity contribution in [2.45, 2.75) is 27.4 Å².